The number of rotatable bonds is 9. The quantitative estimate of drug-likeness (QED) is 0.509. The Kier molecular flexibility index (Phi) is 7.60. The molecule has 0 heterocycles. The Bertz CT molecular complexity index is 863. The van der Waals surface area contributed by atoms with Gasteiger partial charge in [-0.1, -0.05) is 42.5 Å². The van der Waals surface area contributed by atoms with E-state index in [1.165, 1.54) is 0 Å². The lowest BCUT2D eigenvalue weighted by atomic mass is 9.81. The molecule has 2 atom stereocenters. The SMILES string of the molecule is CC(C)OC(=O)C(CN)C(Cc1ccccc1)c1ccc(OS(C)(=O)=O)cc1. The minimum Gasteiger partial charge on any atom is -0.463 e. The average molecular weight is 406 g/mol. The van der Waals surface area contributed by atoms with Gasteiger partial charge in [0.15, 0.2) is 0 Å². The Hall–Kier alpha value is -2.38. The molecule has 0 saturated heterocycles. The van der Waals surface area contributed by atoms with Crippen LogP contribution >= 0.6 is 0 Å². The fourth-order valence-electron chi connectivity index (χ4n) is 3.05. The second-order valence-electron chi connectivity index (χ2n) is 6.98. The van der Waals surface area contributed by atoms with Gasteiger partial charge in [0.05, 0.1) is 18.3 Å². The van der Waals surface area contributed by atoms with Crippen LogP contribution in [0.25, 0.3) is 0 Å². The van der Waals surface area contributed by atoms with Crippen LogP contribution in [0.2, 0.25) is 0 Å². The van der Waals surface area contributed by atoms with Crippen molar-refractivity contribution in [3.8, 4) is 5.75 Å². The lowest BCUT2D eigenvalue weighted by molar-refractivity contribution is -0.152. The highest BCUT2D eigenvalue weighted by atomic mass is 32.2. The Labute approximate surface area is 166 Å². The van der Waals surface area contributed by atoms with Gasteiger partial charge in [0.1, 0.15) is 5.75 Å². The highest BCUT2D eigenvalue weighted by molar-refractivity contribution is 7.86. The van der Waals surface area contributed by atoms with Gasteiger partial charge >= 0.3 is 16.1 Å². The molecule has 2 N–H and O–H groups in total. The third-order valence-corrected chi connectivity index (χ3v) is 4.74. The highest BCUT2D eigenvalue weighted by Gasteiger charge is 2.30. The van der Waals surface area contributed by atoms with E-state index in [1.807, 2.05) is 30.3 Å². The zero-order valence-electron chi connectivity index (χ0n) is 16.4. The van der Waals surface area contributed by atoms with Gasteiger partial charge < -0.3 is 14.7 Å². The van der Waals surface area contributed by atoms with Crippen molar-refractivity contribution in [2.75, 3.05) is 12.8 Å². The first-order valence-electron chi connectivity index (χ1n) is 9.13. The van der Waals surface area contributed by atoms with E-state index in [2.05, 4.69) is 0 Å². The summed E-state index contributed by atoms with van der Waals surface area (Å²) in [4.78, 5) is 12.6. The van der Waals surface area contributed by atoms with Crippen LogP contribution < -0.4 is 9.92 Å². The number of hydrogen-bond acceptors (Lipinski definition) is 6. The topological polar surface area (TPSA) is 95.7 Å². The van der Waals surface area contributed by atoms with E-state index in [0.29, 0.717) is 6.42 Å². The number of esters is 1. The summed E-state index contributed by atoms with van der Waals surface area (Å²) in [5, 5.41) is 0. The fraction of sp³-hybridized carbons (Fsp3) is 0.381. The van der Waals surface area contributed by atoms with Crippen molar-refractivity contribution in [2.45, 2.75) is 32.3 Å². The molecule has 0 fully saturated rings. The van der Waals surface area contributed by atoms with Crippen LogP contribution in [0.1, 0.15) is 30.9 Å². The number of benzene rings is 2. The number of carbonyl (C=O) groups is 1. The summed E-state index contributed by atoms with van der Waals surface area (Å²) in [6, 6.07) is 16.5. The second kappa shape index (κ2) is 9.71. The molecule has 0 spiro atoms. The van der Waals surface area contributed by atoms with Crippen LogP contribution in [0, 0.1) is 5.92 Å². The molecule has 2 rings (SSSR count). The van der Waals surface area contributed by atoms with Gasteiger partial charge in [0.2, 0.25) is 0 Å². The maximum atomic E-state index is 12.6. The monoisotopic (exact) mass is 405 g/mol. The van der Waals surface area contributed by atoms with E-state index in [0.717, 1.165) is 17.4 Å². The van der Waals surface area contributed by atoms with Crippen molar-refractivity contribution in [3.63, 3.8) is 0 Å². The third kappa shape index (κ3) is 6.65. The maximum absolute atomic E-state index is 12.6. The number of ether oxygens (including phenoxy) is 1. The van der Waals surface area contributed by atoms with E-state index in [9.17, 15) is 13.2 Å². The molecule has 0 amide bonds. The molecule has 2 aromatic rings. The van der Waals surface area contributed by atoms with Crippen LogP contribution in [0.3, 0.4) is 0 Å². The maximum Gasteiger partial charge on any atom is 0.311 e. The molecular weight excluding hydrogens is 378 g/mol. The predicted octanol–water partition coefficient (Wildman–Crippen LogP) is 2.88. The summed E-state index contributed by atoms with van der Waals surface area (Å²) in [6.45, 7) is 3.74. The van der Waals surface area contributed by atoms with Crippen molar-refractivity contribution >= 4 is 16.1 Å². The average Bonchev–Trinajstić information content (AvgIpc) is 2.61. The van der Waals surface area contributed by atoms with E-state index in [4.69, 9.17) is 14.7 Å². The largest absolute Gasteiger partial charge is 0.463 e. The predicted molar refractivity (Wildman–Crippen MR) is 109 cm³/mol. The van der Waals surface area contributed by atoms with Gasteiger partial charge in [-0.3, -0.25) is 4.79 Å². The van der Waals surface area contributed by atoms with E-state index < -0.39 is 16.0 Å². The minimum absolute atomic E-state index is 0.143. The standard InChI is InChI=1S/C21H27NO5S/c1-15(2)26-21(23)20(14-22)19(13-16-7-5-4-6-8-16)17-9-11-18(12-10-17)27-28(3,24)25/h4-12,15,19-20H,13-14,22H2,1-3H3. The Balaban J connectivity index is 2.35. The summed E-state index contributed by atoms with van der Waals surface area (Å²) in [5.74, 6) is -0.858. The number of hydrogen-bond donors (Lipinski definition) is 1. The molecule has 0 aromatic heterocycles. The van der Waals surface area contributed by atoms with Crippen LogP contribution in [-0.4, -0.2) is 33.3 Å². The number of nitrogens with two attached hydrogens (primary N) is 1. The van der Waals surface area contributed by atoms with Gasteiger partial charge in [-0.25, -0.2) is 0 Å². The molecule has 2 unspecified atom stereocenters. The summed E-state index contributed by atoms with van der Waals surface area (Å²) in [5.41, 5.74) is 7.88. The summed E-state index contributed by atoms with van der Waals surface area (Å²) in [6.07, 6.45) is 1.36. The highest BCUT2D eigenvalue weighted by Crippen LogP contribution is 2.31. The van der Waals surface area contributed by atoms with Crippen molar-refractivity contribution in [3.05, 3.63) is 65.7 Å². The van der Waals surface area contributed by atoms with Crippen LogP contribution in [0.4, 0.5) is 0 Å². The summed E-state index contributed by atoms with van der Waals surface area (Å²) < 4.78 is 32.9. The van der Waals surface area contributed by atoms with Crippen LogP contribution in [0.5, 0.6) is 5.75 Å². The number of carbonyl (C=O) groups excluding carboxylic acids is 1. The molecule has 2 aromatic carbocycles. The Morgan fingerprint density at radius 1 is 1.04 bits per heavy atom. The molecule has 0 radical (unpaired) electrons. The fourth-order valence-corrected chi connectivity index (χ4v) is 3.51. The first-order valence-corrected chi connectivity index (χ1v) is 10.9. The van der Waals surface area contributed by atoms with E-state index in [1.54, 1.807) is 38.1 Å². The smallest absolute Gasteiger partial charge is 0.311 e. The molecule has 28 heavy (non-hydrogen) atoms. The molecule has 6 nitrogen and oxygen atoms in total. The van der Waals surface area contributed by atoms with Gasteiger partial charge in [-0.2, -0.15) is 8.42 Å². The van der Waals surface area contributed by atoms with Crippen LogP contribution in [-0.2, 0) is 26.1 Å². The second-order valence-corrected chi connectivity index (χ2v) is 8.56. The van der Waals surface area contributed by atoms with Crippen LogP contribution in [0.15, 0.2) is 54.6 Å². The Morgan fingerprint density at radius 2 is 1.64 bits per heavy atom. The summed E-state index contributed by atoms with van der Waals surface area (Å²) in [7, 11) is -3.60. The van der Waals surface area contributed by atoms with Gasteiger partial charge in [-0.15, -0.1) is 0 Å². The molecule has 0 bridgehead atoms. The van der Waals surface area contributed by atoms with E-state index in [-0.39, 0.29) is 30.3 Å². The molecule has 0 aliphatic carbocycles. The lowest BCUT2D eigenvalue weighted by Crippen LogP contribution is -2.33. The zero-order valence-corrected chi connectivity index (χ0v) is 17.2. The first kappa shape index (κ1) is 21.9. The van der Waals surface area contributed by atoms with Crippen molar-refractivity contribution in [2.24, 2.45) is 11.7 Å². The molecule has 7 heteroatoms. The zero-order chi connectivity index (χ0) is 20.7. The summed E-state index contributed by atoms with van der Waals surface area (Å²) >= 11 is 0. The lowest BCUT2D eigenvalue weighted by Gasteiger charge is -2.26. The third-order valence-electron chi connectivity index (χ3n) is 4.25. The molecule has 0 aliphatic heterocycles. The van der Waals surface area contributed by atoms with Gasteiger partial charge in [-0.05, 0) is 43.5 Å². The van der Waals surface area contributed by atoms with Crippen molar-refractivity contribution in [1.82, 2.24) is 0 Å². The first-order chi connectivity index (χ1) is 13.2. The normalized spacial score (nSPS) is 13.8. The van der Waals surface area contributed by atoms with Crippen molar-refractivity contribution in [1.29, 1.82) is 0 Å². The van der Waals surface area contributed by atoms with E-state index >= 15 is 0 Å². The molecule has 0 aliphatic rings. The molecule has 152 valence electrons. The van der Waals surface area contributed by atoms with Gasteiger partial charge in [0, 0.05) is 12.5 Å². The van der Waals surface area contributed by atoms with Crippen molar-refractivity contribution < 1.29 is 22.1 Å². The van der Waals surface area contributed by atoms with Gasteiger partial charge in [0.25, 0.3) is 0 Å². The Morgan fingerprint density at radius 3 is 2.14 bits per heavy atom. The molecule has 0 saturated carbocycles. The molecular formula is C21H27NO5S. The minimum atomic E-state index is -3.60.